The molecule has 20 heavy (non-hydrogen) atoms. The summed E-state index contributed by atoms with van der Waals surface area (Å²) in [6.45, 7) is 0.333. The van der Waals surface area contributed by atoms with Gasteiger partial charge in [0.2, 0.25) is 0 Å². The fraction of sp³-hybridized carbons (Fsp3) is 0.133. The standard InChI is InChI=1S/C15H12ClN3O/c16-14-11-12(7-9-18-14)15(20)19(10-4-8-17)13-5-2-1-3-6-13/h1-3,5-7,9,11H,4,10H2. The Morgan fingerprint density at radius 2 is 2.05 bits per heavy atom. The summed E-state index contributed by atoms with van der Waals surface area (Å²) in [5, 5.41) is 9.01. The van der Waals surface area contributed by atoms with Gasteiger partial charge in [-0.25, -0.2) is 4.98 Å². The summed E-state index contributed by atoms with van der Waals surface area (Å²) in [5.74, 6) is -0.198. The van der Waals surface area contributed by atoms with Crippen LogP contribution < -0.4 is 4.90 Å². The first-order valence-electron chi connectivity index (χ1n) is 6.08. The van der Waals surface area contributed by atoms with Gasteiger partial charge in [0, 0.05) is 24.0 Å². The van der Waals surface area contributed by atoms with E-state index in [1.807, 2.05) is 30.3 Å². The lowest BCUT2D eigenvalue weighted by Gasteiger charge is -2.21. The van der Waals surface area contributed by atoms with Crippen LogP contribution in [0.1, 0.15) is 16.8 Å². The molecule has 1 aromatic heterocycles. The number of nitriles is 1. The third-order valence-corrected chi connectivity index (χ3v) is 2.94. The monoisotopic (exact) mass is 285 g/mol. The minimum Gasteiger partial charge on any atom is -0.307 e. The van der Waals surface area contributed by atoms with Crippen molar-refractivity contribution in [2.24, 2.45) is 0 Å². The van der Waals surface area contributed by atoms with Gasteiger partial charge in [-0.2, -0.15) is 5.26 Å². The lowest BCUT2D eigenvalue weighted by atomic mass is 10.2. The highest BCUT2D eigenvalue weighted by atomic mass is 35.5. The molecular formula is C15H12ClN3O. The van der Waals surface area contributed by atoms with Gasteiger partial charge in [-0.3, -0.25) is 4.79 Å². The van der Waals surface area contributed by atoms with Crippen molar-refractivity contribution in [3.8, 4) is 6.07 Å². The summed E-state index contributed by atoms with van der Waals surface area (Å²) in [7, 11) is 0. The van der Waals surface area contributed by atoms with Crippen molar-refractivity contribution < 1.29 is 4.79 Å². The second-order valence-electron chi connectivity index (χ2n) is 4.07. The third-order valence-electron chi connectivity index (χ3n) is 2.73. The van der Waals surface area contributed by atoms with E-state index in [1.54, 1.807) is 11.0 Å². The molecule has 4 nitrogen and oxygen atoms in total. The molecule has 0 aliphatic rings. The number of amides is 1. The normalized spacial score (nSPS) is 9.80. The minimum absolute atomic E-state index is 0.198. The van der Waals surface area contributed by atoms with Crippen LogP contribution in [0.4, 0.5) is 5.69 Å². The number of anilines is 1. The fourth-order valence-corrected chi connectivity index (χ4v) is 1.98. The predicted molar refractivity (Wildman–Crippen MR) is 77.6 cm³/mol. The van der Waals surface area contributed by atoms with Gasteiger partial charge in [-0.1, -0.05) is 29.8 Å². The first-order chi connectivity index (χ1) is 9.72. The number of hydrogen-bond donors (Lipinski definition) is 0. The summed E-state index contributed by atoms with van der Waals surface area (Å²) in [5.41, 5.74) is 1.20. The molecule has 0 aliphatic heterocycles. The molecule has 1 heterocycles. The number of aromatic nitrogens is 1. The van der Waals surface area contributed by atoms with Gasteiger partial charge in [0.1, 0.15) is 5.15 Å². The lowest BCUT2D eigenvalue weighted by Crippen LogP contribution is -2.31. The SMILES string of the molecule is N#CCCN(C(=O)c1ccnc(Cl)c1)c1ccccc1. The molecule has 0 saturated heterocycles. The van der Waals surface area contributed by atoms with Gasteiger partial charge in [0.25, 0.3) is 5.91 Å². The summed E-state index contributed by atoms with van der Waals surface area (Å²) < 4.78 is 0. The Kier molecular flexibility index (Phi) is 4.70. The molecule has 2 rings (SSSR count). The molecule has 5 heteroatoms. The third kappa shape index (κ3) is 3.34. The van der Waals surface area contributed by atoms with Crippen molar-refractivity contribution >= 4 is 23.2 Å². The van der Waals surface area contributed by atoms with E-state index in [0.29, 0.717) is 12.1 Å². The molecule has 1 aromatic carbocycles. The molecule has 0 aliphatic carbocycles. The van der Waals surface area contributed by atoms with Gasteiger partial charge in [0.05, 0.1) is 12.5 Å². The van der Waals surface area contributed by atoms with E-state index in [0.717, 1.165) is 5.69 Å². The number of para-hydroxylation sites is 1. The number of carbonyl (C=O) groups is 1. The van der Waals surface area contributed by atoms with Crippen LogP contribution in [0.25, 0.3) is 0 Å². The highest BCUT2D eigenvalue weighted by Crippen LogP contribution is 2.18. The van der Waals surface area contributed by atoms with Gasteiger partial charge in [-0.05, 0) is 24.3 Å². The summed E-state index contributed by atoms with van der Waals surface area (Å²) in [4.78, 5) is 18.0. The van der Waals surface area contributed by atoms with E-state index in [9.17, 15) is 4.79 Å². The Hall–Kier alpha value is -2.38. The van der Waals surface area contributed by atoms with Crippen molar-refractivity contribution in [3.05, 3.63) is 59.4 Å². The predicted octanol–water partition coefficient (Wildman–Crippen LogP) is 3.30. The molecule has 0 N–H and O–H groups in total. The highest BCUT2D eigenvalue weighted by molar-refractivity contribution is 6.29. The lowest BCUT2D eigenvalue weighted by molar-refractivity contribution is 0.0987. The number of carbonyl (C=O) groups excluding carboxylic acids is 1. The van der Waals surface area contributed by atoms with E-state index in [1.165, 1.54) is 12.3 Å². The zero-order chi connectivity index (χ0) is 14.4. The average molecular weight is 286 g/mol. The van der Waals surface area contributed by atoms with E-state index in [2.05, 4.69) is 11.1 Å². The first-order valence-corrected chi connectivity index (χ1v) is 6.45. The van der Waals surface area contributed by atoms with E-state index in [4.69, 9.17) is 16.9 Å². The number of nitrogens with zero attached hydrogens (tertiary/aromatic N) is 3. The Bertz CT molecular complexity index is 637. The van der Waals surface area contributed by atoms with Gasteiger partial charge in [-0.15, -0.1) is 0 Å². The maximum Gasteiger partial charge on any atom is 0.258 e. The topological polar surface area (TPSA) is 57.0 Å². The highest BCUT2D eigenvalue weighted by Gasteiger charge is 2.17. The molecule has 100 valence electrons. The van der Waals surface area contributed by atoms with Crippen LogP contribution in [0.3, 0.4) is 0 Å². The van der Waals surface area contributed by atoms with Crippen LogP contribution >= 0.6 is 11.6 Å². The second kappa shape index (κ2) is 6.69. The zero-order valence-electron chi connectivity index (χ0n) is 10.7. The zero-order valence-corrected chi connectivity index (χ0v) is 11.4. The van der Waals surface area contributed by atoms with Gasteiger partial charge in [0.15, 0.2) is 0 Å². The summed E-state index contributed by atoms with van der Waals surface area (Å²) >= 11 is 5.81. The largest absolute Gasteiger partial charge is 0.307 e. The van der Waals surface area contributed by atoms with Gasteiger partial charge >= 0.3 is 0 Å². The molecule has 0 saturated carbocycles. The molecular weight excluding hydrogens is 274 g/mol. The van der Waals surface area contributed by atoms with E-state index < -0.39 is 0 Å². The second-order valence-corrected chi connectivity index (χ2v) is 4.45. The summed E-state index contributed by atoms with van der Waals surface area (Å²) in [6, 6.07) is 14.4. The van der Waals surface area contributed by atoms with Crippen LogP contribution in [0, 0.1) is 11.3 Å². The van der Waals surface area contributed by atoms with Crippen LogP contribution in [0.15, 0.2) is 48.7 Å². The maximum atomic E-state index is 12.5. The number of pyridine rings is 1. The van der Waals surface area contributed by atoms with E-state index >= 15 is 0 Å². The fourth-order valence-electron chi connectivity index (χ4n) is 1.81. The van der Waals surface area contributed by atoms with Crippen molar-refractivity contribution in [2.75, 3.05) is 11.4 Å². The Labute approximate surface area is 122 Å². The first kappa shape index (κ1) is 14.0. The van der Waals surface area contributed by atoms with Crippen LogP contribution in [-0.4, -0.2) is 17.4 Å². The molecule has 0 unspecified atom stereocenters. The molecule has 0 spiro atoms. The molecule has 0 bridgehead atoms. The Balaban J connectivity index is 2.32. The van der Waals surface area contributed by atoms with Crippen molar-refractivity contribution in [3.63, 3.8) is 0 Å². The van der Waals surface area contributed by atoms with Crippen molar-refractivity contribution in [2.45, 2.75) is 6.42 Å². The van der Waals surface area contributed by atoms with Crippen molar-refractivity contribution in [1.82, 2.24) is 4.98 Å². The van der Waals surface area contributed by atoms with Crippen LogP contribution in [0.2, 0.25) is 5.15 Å². The number of hydrogen-bond acceptors (Lipinski definition) is 3. The van der Waals surface area contributed by atoms with Crippen LogP contribution in [-0.2, 0) is 0 Å². The smallest absolute Gasteiger partial charge is 0.258 e. The van der Waals surface area contributed by atoms with Crippen LogP contribution in [0.5, 0.6) is 0 Å². The maximum absolute atomic E-state index is 12.5. The van der Waals surface area contributed by atoms with E-state index in [-0.39, 0.29) is 17.5 Å². The molecule has 0 atom stereocenters. The Morgan fingerprint density at radius 3 is 2.70 bits per heavy atom. The number of rotatable bonds is 4. The summed E-state index contributed by atoms with van der Waals surface area (Å²) in [6.07, 6.45) is 1.75. The molecule has 0 radical (unpaired) electrons. The molecule has 2 aromatic rings. The quantitative estimate of drug-likeness (QED) is 0.810. The number of benzene rings is 1. The van der Waals surface area contributed by atoms with Crippen molar-refractivity contribution in [1.29, 1.82) is 5.26 Å². The minimum atomic E-state index is -0.198. The average Bonchev–Trinajstić information content (AvgIpc) is 2.48. The van der Waals surface area contributed by atoms with Gasteiger partial charge < -0.3 is 4.90 Å². The Morgan fingerprint density at radius 1 is 1.30 bits per heavy atom. The number of halogens is 1. The molecule has 1 amide bonds. The molecule has 0 fully saturated rings.